The minimum Gasteiger partial charge on any atom is -0.345 e. The van der Waals surface area contributed by atoms with Gasteiger partial charge in [-0.3, -0.25) is 9.10 Å². The van der Waals surface area contributed by atoms with Crippen molar-refractivity contribution in [2.75, 3.05) is 17.1 Å². The Bertz CT molecular complexity index is 1370. The third kappa shape index (κ3) is 4.41. The molecule has 0 saturated heterocycles. The third-order valence-electron chi connectivity index (χ3n) is 5.27. The number of hydrogen-bond donors (Lipinski definition) is 1. The van der Waals surface area contributed by atoms with E-state index in [-0.39, 0.29) is 11.3 Å². The zero-order chi connectivity index (χ0) is 23.7. The van der Waals surface area contributed by atoms with Crippen LogP contribution in [0.4, 0.5) is 14.5 Å². The lowest BCUT2D eigenvalue weighted by atomic mass is 10.00. The number of nitrogens with zero attached hydrogens (tertiary/aromatic N) is 2. The highest BCUT2D eigenvalue weighted by Crippen LogP contribution is 2.31. The van der Waals surface area contributed by atoms with Crippen LogP contribution in [0.2, 0.25) is 5.02 Å². The van der Waals surface area contributed by atoms with Crippen molar-refractivity contribution in [2.45, 2.75) is 13.3 Å². The van der Waals surface area contributed by atoms with Crippen LogP contribution in [0.5, 0.6) is 0 Å². The van der Waals surface area contributed by atoms with Crippen LogP contribution >= 0.6 is 11.6 Å². The summed E-state index contributed by atoms with van der Waals surface area (Å²) < 4.78 is 43.5. The van der Waals surface area contributed by atoms with Gasteiger partial charge in [-0.1, -0.05) is 30.7 Å². The van der Waals surface area contributed by atoms with Crippen molar-refractivity contribution in [3.63, 3.8) is 0 Å². The molecular formula is C24H20ClF2N3O2S. The van der Waals surface area contributed by atoms with Crippen molar-refractivity contribution in [1.82, 2.24) is 9.97 Å². The van der Waals surface area contributed by atoms with Gasteiger partial charge in [-0.25, -0.2) is 18.0 Å². The standard InChI is InChI=1S/C24H20ClF2N3O2S/c1-3-10-33(32)30(2)20-9-8-19(26)21(22(20)27)23(31)18-13-29-24-17(18)11-15(12-28-24)14-4-6-16(25)7-5-14/h4-9,11-13H,3,10H2,1-2H3,(H,28,29). The monoisotopic (exact) mass is 487 g/mol. The number of benzene rings is 2. The van der Waals surface area contributed by atoms with Crippen LogP contribution in [0.1, 0.15) is 29.3 Å². The molecule has 1 N–H and O–H groups in total. The van der Waals surface area contributed by atoms with Gasteiger partial charge in [0.25, 0.3) is 0 Å². The number of carbonyl (C=O) groups excluding carboxylic acids is 1. The first-order valence-corrected chi connectivity index (χ1v) is 11.8. The van der Waals surface area contributed by atoms with Gasteiger partial charge < -0.3 is 4.98 Å². The van der Waals surface area contributed by atoms with Gasteiger partial charge in [-0.05, 0) is 42.3 Å². The highest BCUT2D eigenvalue weighted by molar-refractivity contribution is 7.86. The SMILES string of the molecule is CCCS(=O)N(C)c1ccc(F)c(C(=O)c2c[nH]c3ncc(-c4ccc(Cl)cc4)cc23)c1F. The summed E-state index contributed by atoms with van der Waals surface area (Å²) in [5.41, 5.74) is 1.23. The number of carbonyl (C=O) groups is 1. The second-order valence-corrected chi connectivity index (χ2v) is 9.47. The summed E-state index contributed by atoms with van der Waals surface area (Å²) in [5, 5.41) is 1.01. The first-order valence-electron chi connectivity index (χ1n) is 10.2. The second kappa shape index (κ2) is 9.41. The number of H-pyrrole nitrogens is 1. The lowest BCUT2D eigenvalue weighted by molar-refractivity contribution is 0.103. The van der Waals surface area contributed by atoms with E-state index in [0.29, 0.717) is 28.2 Å². The molecule has 1 unspecified atom stereocenters. The van der Waals surface area contributed by atoms with E-state index in [2.05, 4.69) is 9.97 Å². The fourth-order valence-corrected chi connectivity index (χ4v) is 4.65. The Balaban J connectivity index is 1.79. The molecule has 1 atom stereocenters. The van der Waals surface area contributed by atoms with Crippen LogP contribution in [0.25, 0.3) is 22.2 Å². The van der Waals surface area contributed by atoms with Crippen molar-refractivity contribution < 1.29 is 17.8 Å². The molecule has 2 aromatic heterocycles. The number of pyridine rings is 1. The number of nitrogens with one attached hydrogen (secondary N) is 1. The molecule has 0 radical (unpaired) electrons. The molecule has 0 aliphatic carbocycles. The van der Waals surface area contributed by atoms with Crippen LogP contribution in [0, 0.1) is 11.6 Å². The molecule has 4 aromatic rings. The smallest absolute Gasteiger partial charge is 0.201 e. The summed E-state index contributed by atoms with van der Waals surface area (Å²) in [6, 6.07) is 11.0. The predicted octanol–water partition coefficient (Wildman–Crippen LogP) is 5.90. The molecule has 2 aromatic carbocycles. The Hall–Kier alpha value is -3.10. The number of halogens is 3. The van der Waals surface area contributed by atoms with Crippen molar-refractivity contribution in [2.24, 2.45) is 0 Å². The van der Waals surface area contributed by atoms with Gasteiger partial charge in [0, 0.05) is 46.7 Å². The fraction of sp³-hybridized carbons (Fsp3) is 0.167. The topological polar surface area (TPSA) is 66.1 Å². The van der Waals surface area contributed by atoms with E-state index in [1.807, 2.05) is 19.1 Å². The van der Waals surface area contributed by atoms with E-state index in [4.69, 9.17) is 11.6 Å². The van der Waals surface area contributed by atoms with Gasteiger partial charge in [-0.15, -0.1) is 0 Å². The van der Waals surface area contributed by atoms with Crippen molar-refractivity contribution in [3.8, 4) is 11.1 Å². The van der Waals surface area contributed by atoms with Crippen LogP contribution in [-0.4, -0.2) is 32.8 Å². The van der Waals surface area contributed by atoms with Gasteiger partial charge >= 0.3 is 0 Å². The molecule has 0 aliphatic rings. The van der Waals surface area contributed by atoms with Gasteiger partial charge in [0.2, 0.25) is 5.78 Å². The second-order valence-electron chi connectivity index (χ2n) is 7.44. The largest absolute Gasteiger partial charge is 0.345 e. The van der Waals surface area contributed by atoms with Gasteiger partial charge in [0.05, 0.1) is 11.3 Å². The Morgan fingerprint density at radius 3 is 2.58 bits per heavy atom. The maximum atomic E-state index is 15.3. The molecular weight excluding hydrogens is 468 g/mol. The van der Waals surface area contributed by atoms with E-state index < -0.39 is 34.0 Å². The molecule has 33 heavy (non-hydrogen) atoms. The molecule has 9 heteroatoms. The van der Waals surface area contributed by atoms with Gasteiger partial charge in [-0.2, -0.15) is 0 Å². The average molecular weight is 488 g/mol. The normalized spacial score (nSPS) is 12.2. The van der Waals surface area contributed by atoms with E-state index in [1.54, 1.807) is 24.4 Å². The molecule has 5 nitrogen and oxygen atoms in total. The first kappa shape index (κ1) is 23.1. The van der Waals surface area contributed by atoms with E-state index >= 15 is 4.39 Å². The quantitative estimate of drug-likeness (QED) is 0.330. The van der Waals surface area contributed by atoms with Crippen LogP contribution < -0.4 is 4.31 Å². The Morgan fingerprint density at radius 2 is 1.88 bits per heavy atom. The molecule has 0 fully saturated rings. The average Bonchev–Trinajstić information content (AvgIpc) is 3.22. The number of ketones is 1. The van der Waals surface area contributed by atoms with Gasteiger partial charge in [0.15, 0.2) is 5.82 Å². The van der Waals surface area contributed by atoms with E-state index in [1.165, 1.54) is 23.6 Å². The summed E-state index contributed by atoms with van der Waals surface area (Å²) in [6.45, 7) is 1.85. The Kier molecular flexibility index (Phi) is 6.58. The highest BCUT2D eigenvalue weighted by atomic mass is 35.5. The number of hydrogen-bond acceptors (Lipinski definition) is 3. The number of aromatic nitrogens is 2. The minimum atomic E-state index is -1.51. The molecule has 0 aliphatic heterocycles. The fourth-order valence-electron chi connectivity index (χ4n) is 3.54. The number of aromatic amines is 1. The molecule has 170 valence electrons. The zero-order valence-electron chi connectivity index (χ0n) is 17.9. The summed E-state index contributed by atoms with van der Waals surface area (Å²) in [5.74, 6) is -2.56. The predicted molar refractivity (Wildman–Crippen MR) is 128 cm³/mol. The highest BCUT2D eigenvalue weighted by Gasteiger charge is 2.26. The maximum Gasteiger partial charge on any atom is 0.201 e. The van der Waals surface area contributed by atoms with Crippen molar-refractivity contribution >= 4 is 45.1 Å². The lowest BCUT2D eigenvalue weighted by Gasteiger charge is -2.19. The molecule has 2 heterocycles. The van der Waals surface area contributed by atoms with Crippen molar-refractivity contribution in [3.05, 3.63) is 82.6 Å². The van der Waals surface area contributed by atoms with E-state index in [9.17, 15) is 13.4 Å². The number of anilines is 1. The van der Waals surface area contributed by atoms with Crippen LogP contribution in [0.3, 0.4) is 0 Å². The molecule has 0 amide bonds. The molecule has 4 rings (SSSR count). The van der Waals surface area contributed by atoms with E-state index in [0.717, 1.165) is 17.2 Å². The number of fused-ring (bicyclic) bond motifs is 1. The van der Waals surface area contributed by atoms with Crippen LogP contribution in [-0.2, 0) is 11.0 Å². The summed E-state index contributed by atoms with van der Waals surface area (Å²) in [6.07, 6.45) is 3.65. The maximum absolute atomic E-state index is 15.3. The Labute approximate surface area is 197 Å². The van der Waals surface area contributed by atoms with Gasteiger partial charge in [0.1, 0.15) is 22.5 Å². The van der Waals surface area contributed by atoms with Crippen molar-refractivity contribution in [1.29, 1.82) is 0 Å². The molecule has 0 spiro atoms. The summed E-state index contributed by atoms with van der Waals surface area (Å²) in [7, 11) is -0.0564. The first-order chi connectivity index (χ1) is 15.8. The minimum absolute atomic E-state index is 0.0839. The van der Waals surface area contributed by atoms with Crippen LogP contribution in [0.15, 0.2) is 54.9 Å². The zero-order valence-corrected chi connectivity index (χ0v) is 19.4. The molecule has 0 saturated carbocycles. The Morgan fingerprint density at radius 1 is 1.15 bits per heavy atom. The molecule has 0 bridgehead atoms. The summed E-state index contributed by atoms with van der Waals surface area (Å²) >= 11 is 5.95. The number of rotatable bonds is 7. The third-order valence-corrected chi connectivity index (χ3v) is 7.09. The summed E-state index contributed by atoms with van der Waals surface area (Å²) in [4.78, 5) is 20.5. The lowest BCUT2D eigenvalue weighted by Crippen LogP contribution is -2.24.